The van der Waals surface area contributed by atoms with Crippen molar-refractivity contribution in [3.05, 3.63) is 0 Å². The van der Waals surface area contributed by atoms with Gasteiger partial charge in [-0.05, 0) is 115 Å². The number of hydrogen-bond donors (Lipinski definition) is 4. The highest BCUT2D eigenvalue weighted by molar-refractivity contribution is 5.82. The lowest BCUT2D eigenvalue weighted by Crippen LogP contribution is -2.50. The van der Waals surface area contributed by atoms with Gasteiger partial charge in [-0.3, -0.25) is 9.63 Å². The predicted octanol–water partition coefficient (Wildman–Crippen LogP) is 5.52. The standard InChI is InChI=1S/C40H70N4O4/c1-30(46)38-37(29-45)48-44(39(38)40(47)42-24-11-25-43(2)36-17-7-4-8-18-36)28-33-13-9-12-31(26-33)14-10-23-41-27-32-19-21-35(22-20-32)34-15-5-3-6-16-34/h30-39,41,45-46H,3-9,11-13,15-29H2,1-2H3,(H,42,47)/t30-,31?,32?,33?,35?,37-,38+,39-/m1/s1. The van der Waals surface area contributed by atoms with E-state index in [1.54, 1.807) is 12.0 Å². The van der Waals surface area contributed by atoms with Crippen LogP contribution in [0.25, 0.3) is 0 Å². The van der Waals surface area contributed by atoms with E-state index in [0.717, 1.165) is 69.5 Å². The van der Waals surface area contributed by atoms with Gasteiger partial charge in [0, 0.05) is 31.0 Å². The molecule has 4 aliphatic carbocycles. The molecular weight excluding hydrogens is 600 g/mol. The fourth-order valence-electron chi connectivity index (χ4n) is 10.1. The van der Waals surface area contributed by atoms with Crippen LogP contribution in [-0.4, -0.2) is 96.8 Å². The zero-order valence-electron chi connectivity index (χ0n) is 30.6. The molecule has 4 saturated carbocycles. The maximum atomic E-state index is 13.6. The van der Waals surface area contributed by atoms with E-state index in [1.807, 2.05) is 0 Å². The zero-order valence-corrected chi connectivity index (χ0v) is 30.6. The minimum atomic E-state index is -0.760. The van der Waals surface area contributed by atoms with E-state index < -0.39 is 24.2 Å². The van der Waals surface area contributed by atoms with Gasteiger partial charge >= 0.3 is 0 Å². The van der Waals surface area contributed by atoms with Gasteiger partial charge in [-0.1, -0.05) is 69.6 Å². The summed E-state index contributed by atoms with van der Waals surface area (Å²) in [6.07, 6.45) is 23.4. The van der Waals surface area contributed by atoms with Gasteiger partial charge in [0.1, 0.15) is 12.1 Å². The third-order valence-corrected chi connectivity index (χ3v) is 12.9. The first-order valence-corrected chi connectivity index (χ1v) is 20.3. The molecule has 1 heterocycles. The number of carbonyl (C=O) groups excluding carboxylic acids is 1. The van der Waals surface area contributed by atoms with E-state index in [9.17, 15) is 15.0 Å². The number of carbonyl (C=O) groups is 1. The van der Waals surface area contributed by atoms with Crippen LogP contribution < -0.4 is 10.6 Å². The van der Waals surface area contributed by atoms with Crippen LogP contribution >= 0.6 is 0 Å². The molecule has 48 heavy (non-hydrogen) atoms. The first kappa shape index (κ1) is 38.0. The second-order valence-corrected chi connectivity index (χ2v) is 16.5. The number of rotatable bonds is 14. The van der Waals surface area contributed by atoms with Gasteiger partial charge < -0.3 is 25.7 Å². The molecule has 5 aliphatic rings. The summed E-state index contributed by atoms with van der Waals surface area (Å²) in [5.74, 6) is 10.0. The van der Waals surface area contributed by atoms with Gasteiger partial charge in [-0.15, -0.1) is 0 Å². The van der Waals surface area contributed by atoms with Crippen LogP contribution in [0.15, 0.2) is 0 Å². The molecule has 0 spiro atoms. The lowest BCUT2D eigenvalue weighted by molar-refractivity contribution is -0.183. The molecule has 5 fully saturated rings. The quantitative estimate of drug-likeness (QED) is 0.143. The topological polar surface area (TPSA) is 97.3 Å². The van der Waals surface area contributed by atoms with E-state index >= 15 is 0 Å². The molecule has 6 atom stereocenters. The summed E-state index contributed by atoms with van der Waals surface area (Å²) in [6.45, 7) is 5.57. The number of aliphatic hydroxyl groups is 2. The largest absolute Gasteiger partial charge is 0.394 e. The molecule has 1 amide bonds. The van der Waals surface area contributed by atoms with Crippen LogP contribution in [0.3, 0.4) is 0 Å². The smallest absolute Gasteiger partial charge is 0.240 e. The van der Waals surface area contributed by atoms with Crippen molar-refractivity contribution < 1.29 is 19.8 Å². The number of nitrogens with zero attached hydrogens (tertiary/aromatic N) is 2. The summed E-state index contributed by atoms with van der Waals surface area (Å²) in [5, 5.41) is 29.4. The molecule has 0 aromatic rings. The fourth-order valence-corrected chi connectivity index (χ4v) is 10.1. The number of aliphatic hydroxyl groups excluding tert-OH is 2. The molecule has 0 bridgehead atoms. The van der Waals surface area contributed by atoms with E-state index in [0.29, 0.717) is 31.0 Å². The second-order valence-electron chi connectivity index (χ2n) is 16.5. The molecule has 0 radical (unpaired) electrons. The third kappa shape index (κ3) is 11.1. The Morgan fingerprint density at radius 1 is 0.917 bits per heavy atom. The van der Waals surface area contributed by atoms with Crippen LogP contribution in [0.5, 0.6) is 0 Å². The lowest BCUT2D eigenvalue weighted by atomic mass is 9.71. The fraction of sp³-hybridized carbons (Fsp3) is 0.925. The Balaban J connectivity index is 1.04. The average Bonchev–Trinajstić information content (AvgIpc) is 3.49. The van der Waals surface area contributed by atoms with Crippen LogP contribution in [-0.2, 0) is 9.63 Å². The van der Waals surface area contributed by atoms with Crippen molar-refractivity contribution in [3.8, 4) is 11.8 Å². The maximum absolute atomic E-state index is 13.6. The van der Waals surface area contributed by atoms with E-state index in [-0.39, 0.29) is 12.5 Å². The number of hydrogen-bond acceptors (Lipinski definition) is 7. The third-order valence-electron chi connectivity index (χ3n) is 12.9. The molecule has 274 valence electrons. The SMILES string of the molecule is C[C@@H](O)[C@H]1[C@@H](CO)ON(CC2CCCC(C#CCNCC3CCC(C4CCCCC4)CC3)C2)[C@H]1C(=O)NCCCN(C)C1CCCCC1. The van der Waals surface area contributed by atoms with Crippen LogP contribution in [0.4, 0.5) is 0 Å². The van der Waals surface area contributed by atoms with Gasteiger partial charge in [0.05, 0.1) is 19.3 Å². The van der Waals surface area contributed by atoms with Gasteiger partial charge in [0.25, 0.3) is 0 Å². The van der Waals surface area contributed by atoms with E-state index in [2.05, 4.69) is 34.4 Å². The minimum absolute atomic E-state index is 0.0992. The highest BCUT2D eigenvalue weighted by atomic mass is 16.7. The molecule has 2 unspecified atom stereocenters. The summed E-state index contributed by atoms with van der Waals surface area (Å²) >= 11 is 0. The van der Waals surface area contributed by atoms with Crippen molar-refractivity contribution in [3.63, 3.8) is 0 Å². The number of nitrogens with one attached hydrogen (secondary N) is 2. The highest BCUT2D eigenvalue weighted by Gasteiger charge is 2.49. The highest BCUT2D eigenvalue weighted by Crippen LogP contribution is 2.40. The second kappa shape index (κ2) is 20.0. The van der Waals surface area contributed by atoms with Crippen LogP contribution in [0, 0.1) is 47.3 Å². The molecular formula is C40H70N4O4. The van der Waals surface area contributed by atoms with Crippen LogP contribution in [0.2, 0.25) is 0 Å². The average molecular weight is 671 g/mol. The Bertz CT molecular complexity index is 995. The molecule has 0 aromatic carbocycles. The van der Waals surface area contributed by atoms with Gasteiger partial charge in [0.15, 0.2) is 0 Å². The molecule has 0 aromatic heterocycles. The van der Waals surface area contributed by atoms with Gasteiger partial charge in [-0.25, -0.2) is 0 Å². The maximum Gasteiger partial charge on any atom is 0.240 e. The molecule has 8 nitrogen and oxygen atoms in total. The van der Waals surface area contributed by atoms with Crippen molar-refractivity contribution >= 4 is 5.91 Å². The van der Waals surface area contributed by atoms with E-state index in [4.69, 9.17) is 4.84 Å². The Hall–Kier alpha value is -1.21. The minimum Gasteiger partial charge on any atom is -0.394 e. The Morgan fingerprint density at radius 3 is 2.33 bits per heavy atom. The summed E-state index contributed by atoms with van der Waals surface area (Å²) < 4.78 is 0. The van der Waals surface area contributed by atoms with Gasteiger partial charge in [0.2, 0.25) is 5.91 Å². The summed E-state index contributed by atoms with van der Waals surface area (Å²) in [7, 11) is 2.21. The number of hydroxylamine groups is 2. The molecule has 8 heteroatoms. The summed E-state index contributed by atoms with van der Waals surface area (Å²) in [5.41, 5.74) is 0. The molecule has 5 rings (SSSR count). The van der Waals surface area contributed by atoms with Crippen molar-refractivity contribution in [2.75, 3.05) is 46.4 Å². The molecule has 1 aliphatic heterocycles. The van der Waals surface area contributed by atoms with Crippen LogP contribution in [0.1, 0.15) is 129 Å². The lowest BCUT2D eigenvalue weighted by Gasteiger charge is -2.35. The van der Waals surface area contributed by atoms with Crippen molar-refractivity contribution in [2.45, 2.75) is 153 Å². The number of amides is 1. The van der Waals surface area contributed by atoms with E-state index in [1.165, 1.54) is 89.9 Å². The Morgan fingerprint density at radius 2 is 1.62 bits per heavy atom. The van der Waals surface area contributed by atoms with Gasteiger partial charge in [-0.2, -0.15) is 5.06 Å². The molecule has 4 N–H and O–H groups in total. The first-order chi connectivity index (χ1) is 23.4. The van der Waals surface area contributed by atoms with Crippen molar-refractivity contribution in [1.82, 2.24) is 20.6 Å². The normalized spacial score (nSPS) is 33.3. The molecule has 1 saturated heterocycles. The van der Waals surface area contributed by atoms with Crippen molar-refractivity contribution in [2.24, 2.45) is 35.5 Å². The Labute approximate surface area is 292 Å². The summed E-state index contributed by atoms with van der Waals surface area (Å²) in [6, 6.07) is 0.0606. The Kier molecular flexibility index (Phi) is 15.8. The monoisotopic (exact) mass is 671 g/mol. The first-order valence-electron chi connectivity index (χ1n) is 20.3. The zero-order chi connectivity index (χ0) is 33.7. The predicted molar refractivity (Wildman–Crippen MR) is 193 cm³/mol. The van der Waals surface area contributed by atoms with Crippen molar-refractivity contribution in [1.29, 1.82) is 0 Å². The summed E-state index contributed by atoms with van der Waals surface area (Å²) in [4.78, 5) is 22.3.